The van der Waals surface area contributed by atoms with E-state index in [4.69, 9.17) is 0 Å². The Kier molecular flexibility index (Phi) is 4.84. The Morgan fingerprint density at radius 2 is 1.76 bits per heavy atom. The van der Waals surface area contributed by atoms with E-state index in [9.17, 15) is 14.9 Å². The summed E-state index contributed by atoms with van der Waals surface area (Å²) < 4.78 is 0. The van der Waals surface area contributed by atoms with Crippen LogP contribution < -0.4 is 10.6 Å². The monoisotopic (exact) mass is 336 g/mol. The number of nitrogens with one attached hydrogen (secondary N) is 2. The third kappa shape index (κ3) is 3.89. The lowest BCUT2D eigenvalue weighted by Gasteiger charge is -2.08. The second-order valence-corrected chi connectivity index (χ2v) is 5.35. The number of benzene rings is 2. The van der Waals surface area contributed by atoms with Gasteiger partial charge in [-0.3, -0.25) is 14.9 Å². The summed E-state index contributed by atoms with van der Waals surface area (Å²) in [5, 5.41) is 17.6. The first kappa shape index (κ1) is 16.4. The highest BCUT2D eigenvalue weighted by Crippen LogP contribution is 2.22. The molecule has 0 saturated carbocycles. The van der Waals surface area contributed by atoms with Crippen molar-refractivity contribution < 1.29 is 9.72 Å². The molecule has 0 saturated heterocycles. The predicted octanol–water partition coefficient (Wildman–Crippen LogP) is 2.98. The zero-order chi connectivity index (χ0) is 17.6. The van der Waals surface area contributed by atoms with Gasteiger partial charge in [0.15, 0.2) is 0 Å². The van der Waals surface area contributed by atoms with E-state index in [1.807, 2.05) is 30.3 Å². The van der Waals surface area contributed by atoms with Crippen LogP contribution in [0.15, 0.2) is 60.7 Å². The lowest BCUT2D eigenvalue weighted by Crippen LogP contribution is -2.29. The highest BCUT2D eigenvalue weighted by Gasteiger charge is 2.12. The molecule has 0 unspecified atom stereocenters. The molecule has 0 aliphatic rings. The number of hydrogen-bond donors (Lipinski definition) is 2. The average molecular weight is 336 g/mol. The van der Waals surface area contributed by atoms with Gasteiger partial charge in [-0.25, -0.2) is 4.98 Å². The summed E-state index contributed by atoms with van der Waals surface area (Å²) in [6.45, 7) is 0.684. The van der Waals surface area contributed by atoms with E-state index in [-0.39, 0.29) is 11.6 Å². The summed E-state index contributed by atoms with van der Waals surface area (Å²) in [5.41, 5.74) is 1.52. The number of nitrogens with zero attached hydrogens (tertiary/aromatic N) is 2. The first-order valence-corrected chi connectivity index (χ1v) is 7.76. The van der Waals surface area contributed by atoms with Crippen LogP contribution in [0.5, 0.6) is 0 Å². The number of carbonyl (C=O) groups excluding carboxylic acids is 1. The van der Waals surface area contributed by atoms with Crippen LogP contribution in [0.3, 0.4) is 0 Å². The molecule has 2 N–H and O–H groups in total. The van der Waals surface area contributed by atoms with Crippen LogP contribution in [0.4, 0.5) is 11.4 Å². The van der Waals surface area contributed by atoms with E-state index in [1.54, 1.807) is 24.3 Å². The minimum Gasteiger partial charge on any atom is -0.378 e. The lowest BCUT2D eigenvalue weighted by molar-refractivity contribution is -0.384. The summed E-state index contributed by atoms with van der Waals surface area (Å²) in [7, 11) is 0. The van der Waals surface area contributed by atoms with Crippen molar-refractivity contribution in [2.24, 2.45) is 0 Å². The van der Waals surface area contributed by atoms with E-state index in [2.05, 4.69) is 15.6 Å². The summed E-state index contributed by atoms with van der Waals surface area (Å²) >= 11 is 0. The van der Waals surface area contributed by atoms with Crippen molar-refractivity contribution in [1.29, 1.82) is 0 Å². The van der Waals surface area contributed by atoms with Crippen LogP contribution >= 0.6 is 0 Å². The van der Waals surface area contributed by atoms with Crippen molar-refractivity contribution in [3.63, 3.8) is 0 Å². The van der Waals surface area contributed by atoms with Gasteiger partial charge in [0.05, 0.1) is 10.4 Å². The molecule has 0 spiro atoms. The van der Waals surface area contributed by atoms with Crippen molar-refractivity contribution in [1.82, 2.24) is 10.3 Å². The van der Waals surface area contributed by atoms with Crippen molar-refractivity contribution in [3.05, 3.63) is 76.5 Å². The minimum atomic E-state index is -0.445. The van der Waals surface area contributed by atoms with E-state index >= 15 is 0 Å². The normalized spacial score (nSPS) is 10.4. The maximum Gasteiger partial charge on any atom is 0.292 e. The average Bonchev–Trinajstić information content (AvgIpc) is 2.64. The number of fused-ring (bicyclic) bond motifs is 1. The van der Waals surface area contributed by atoms with Crippen LogP contribution in [-0.4, -0.2) is 28.9 Å². The Balaban J connectivity index is 1.56. The van der Waals surface area contributed by atoms with Gasteiger partial charge in [0.1, 0.15) is 11.4 Å². The molecule has 2 aromatic carbocycles. The second kappa shape index (κ2) is 7.39. The Morgan fingerprint density at radius 3 is 2.60 bits per heavy atom. The quantitative estimate of drug-likeness (QED) is 0.410. The fraction of sp³-hybridized carbons (Fsp3) is 0.111. The predicted molar refractivity (Wildman–Crippen MR) is 95.7 cm³/mol. The minimum absolute atomic E-state index is 0.00465. The van der Waals surface area contributed by atoms with E-state index in [0.717, 1.165) is 10.9 Å². The van der Waals surface area contributed by atoms with E-state index in [1.165, 1.54) is 6.07 Å². The molecule has 7 heteroatoms. The number of aromatic nitrogens is 1. The maximum absolute atomic E-state index is 12.2. The molecule has 0 bridgehead atoms. The van der Waals surface area contributed by atoms with Gasteiger partial charge in [-0.15, -0.1) is 0 Å². The number of anilines is 1. The molecule has 0 fully saturated rings. The van der Waals surface area contributed by atoms with Crippen molar-refractivity contribution in [2.45, 2.75) is 0 Å². The van der Waals surface area contributed by atoms with Gasteiger partial charge in [0.25, 0.3) is 11.6 Å². The van der Waals surface area contributed by atoms with Crippen LogP contribution in [0.1, 0.15) is 10.5 Å². The van der Waals surface area contributed by atoms with Gasteiger partial charge < -0.3 is 10.6 Å². The smallest absolute Gasteiger partial charge is 0.292 e. The molecular weight excluding hydrogens is 320 g/mol. The zero-order valence-electron chi connectivity index (χ0n) is 13.3. The number of rotatable bonds is 6. The standard InChI is InChI=1S/C18H16N4O3/c23-18(16-10-9-13-5-1-2-6-14(13)21-16)20-12-11-19-15-7-3-4-8-17(15)22(24)25/h1-10,19H,11-12H2,(H,20,23). The summed E-state index contributed by atoms with van der Waals surface area (Å²) in [5.74, 6) is -0.282. The molecule has 0 radical (unpaired) electrons. The number of pyridine rings is 1. The van der Waals surface area contributed by atoms with Gasteiger partial charge in [-0.1, -0.05) is 36.4 Å². The van der Waals surface area contributed by atoms with E-state index < -0.39 is 4.92 Å². The Morgan fingerprint density at radius 1 is 1.00 bits per heavy atom. The van der Waals surface area contributed by atoms with Crippen LogP contribution in [0.2, 0.25) is 0 Å². The SMILES string of the molecule is O=C(NCCNc1ccccc1[N+](=O)[O-])c1ccc2ccccc2n1. The second-order valence-electron chi connectivity index (χ2n) is 5.35. The third-order valence-corrected chi connectivity index (χ3v) is 3.66. The fourth-order valence-electron chi connectivity index (χ4n) is 2.44. The van der Waals surface area contributed by atoms with Crippen LogP contribution in [0, 0.1) is 10.1 Å². The molecule has 3 rings (SSSR count). The first-order valence-electron chi connectivity index (χ1n) is 7.76. The molecule has 0 aliphatic heterocycles. The molecule has 25 heavy (non-hydrogen) atoms. The van der Waals surface area contributed by atoms with Gasteiger partial charge in [-0.05, 0) is 18.2 Å². The molecule has 7 nitrogen and oxygen atoms in total. The summed E-state index contributed by atoms with van der Waals surface area (Å²) in [6.07, 6.45) is 0. The van der Waals surface area contributed by atoms with Crippen LogP contribution in [0.25, 0.3) is 10.9 Å². The number of amides is 1. The molecule has 0 atom stereocenters. The highest BCUT2D eigenvalue weighted by molar-refractivity contribution is 5.94. The topological polar surface area (TPSA) is 97.2 Å². The molecule has 0 aliphatic carbocycles. The van der Waals surface area contributed by atoms with Gasteiger partial charge in [-0.2, -0.15) is 0 Å². The summed E-state index contributed by atoms with van der Waals surface area (Å²) in [4.78, 5) is 27.0. The Hall–Kier alpha value is -3.48. The molecular formula is C18H16N4O3. The molecule has 1 aromatic heterocycles. The number of nitro groups is 1. The number of nitro benzene ring substituents is 1. The van der Waals surface area contributed by atoms with Gasteiger partial charge >= 0.3 is 0 Å². The van der Waals surface area contributed by atoms with Crippen LogP contribution in [-0.2, 0) is 0 Å². The Bertz CT molecular complexity index is 927. The molecule has 3 aromatic rings. The fourth-order valence-corrected chi connectivity index (χ4v) is 2.44. The van der Waals surface area contributed by atoms with Gasteiger partial charge in [0, 0.05) is 24.5 Å². The largest absolute Gasteiger partial charge is 0.378 e. The number of para-hydroxylation sites is 3. The van der Waals surface area contributed by atoms with Crippen molar-refractivity contribution in [2.75, 3.05) is 18.4 Å². The highest BCUT2D eigenvalue weighted by atomic mass is 16.6. The number of carbonyl (C=O) groups is 1. The molecule has 126 valence electrons. The lowest BCUT2D eigenvalue weighted by atomic mass is 10.2. The first-order chi connectivity index (χ1) is 12.1. The van der Waals surface area contributed by atoms with Crippen molar-refractivity contribution in [3.8, 4) is 0 Å². The molecule has 1 amide bonds. The summed E-state index contributed by atoms with van der Waals surface area (Å²) in [6, 6.07) is 17.5. The zero-order valence-corrected chi connectivity index (χ0v) is 13.3. The van der Waals surface area contributed by atoms with Gasteiger partial charge in [0.2, 0.25) is 0 Å². The third-order valence-electron chi connectivity index (χ3n) is 3.66. The maximum atomic E-state index is 12.2. The Labute approximate surface area is 143 Å². The van der Waals surface area contributed by atoms with E-state index in [0.29, 0.717) is 24.5 Å². The number of hydrogen-bond acceptors (Lipinski definition) is 5. The molecule has 1 heterocycles. The van der Waals surface area contributed by atoms with Crippen molar-refractivity contribution >= 4 is 28.2 Å².